The van der Waals surface area contributed by atoms with Gasteiger partial charge in [-0.1, -0.05) is 12.1 Å². The third-order valence-electron chi connectivity index (χ3n) is 4.38. The molecule has 1 atom stereocenters. The quantitative estimate of drug-likeness (QED) is 0.819. The molecule has 1 N–H and O–H groups in total. The Morgan fingerprint density at radius 3 is 2.59 bits per heavy atom. The first kappa shape index (κ1) is 20.5. The summed E-state index contributed by atoms with van der Waals surface area (Å²) in [6.45, 7) is 0.227. The van der Waals surface area contributed by atoms with Gasteiger partial charge in [0.05, 0.1) is 18.5 Å². The molecule has 1 saturated heterocycles. The summed E-state index contributed by atoms with van der Waals surface area (Å²) in [5.41, 5.74) is 0.285. The van der Waals surface area contributed by atoms with E-state index in [1.807, 2.05) is 0 Å². The van der Waals surface area contributed by atoms with Crippen molar-refractivity contribution in [1.82, 2.24) is 5.32 Å². The lowest BCUT2D eigenvalue weighted by molar-refractivity contribution is -0.137. The zero-order chi connectivity index (χ0) is 21.0. The molecule has 0 radical (unpaired) electrons. The van der Waals surface area contributed by atoms with E-state index < -0.39 is 23.9 Å². The van der Waals surface area contributed by atoms with Crippen LogP contribution in [0.5, 0.6) is 5.75 Å². The number of anilines is 1. The maximum absolute atomic E-state index is 12.8. The van der Waals surface area contributed by atoms with Crippen molar-refractivity contribution in [2.75, 3.05) is 18.5 Å². The molecule has 154 valence electrons. The number of nitrogens with one attached hydrogen (secondary N) is 1. The molecule has 29 heavy (non-hydrogen) atoms. The van der Waals surface area contributed by atoms with Gasteiger partial charge in [0.2, 0.25) is 5.91 Å². The summed E-state index contributed by atoms with van der Waals surface area (Å²) in [5.74, 6) is 0.285. The van der Waals surface area contributed by atoms with E-state index in [1.165, 1.54) is 18.0 Å². The highest BCUT2D eigenvalue weighted by molar-refractivity contribution is 5.96. The van der Waals surface area contributed by atoms with Gasteiger partial charge in [0, 0.05) is 12.7 Å². The molecule has 0 spiro atoms. The highest BCUT2D eigenvalue weighted by Gasteiger charge is 2.33. The highest BCUT2D eigenvalue weighted by Crippen LogP contribution is 2.30. The second-order valence-electron chi connectivity index (χ2n) is 6.47. The molecule has 3 rings (SSSR count). The third-order valence-corrected chi connectivity index (χ3v) is 4.38. The Morgan fingerprint density at radius 1 is 1.21 bits per heavy atom. The zero-order valence-corrected chi connectivity index (χ0v) is 15.5. The molecule has 6 nitrogen and oxygen atoms in total. The molecular weight excluding hydrogens is 389 g/mol. The molecule has 1 fully saturated rings. The fraction of sp³-hybridized carbons (Fsp3) is 0.300. The second kappa shape index (κ2) is 8.42. The number of hydrogen-bond donors (Lipinski definition) is 1. The van der Waals surface area contributed by atoms with Crippen molar-refractivity contribution in [3.63, 3.8) is 0 Å². The van der Waals surface area contributed by atoms with E-state index in [0.717, 1.165) is 12.1 Å². The van der Waals surface area contributed by atoms with Crippen molar-refractivity contribution in [2.45, 2.75) is 25.3 Å². The number of amides is 2. The van der Waals surface area contributed by atoms with E-state index in [1.54, 1.807) is 30.3 Å². The van der Waals surface area contributed by atoms with Crippen LogP contribution in [0.1, 0.15) is 17.5 Å². The number of ether oxygens (including phenoxy) is 2. The lowest BCUT2D eigenvalue weighted by Gasteiger charge is -2.17. The van der Waals surface area contributed by atoms with Crippen LogP contribution in [0.4, 0.5) is 23.7 Å². The fourth-order valence-corrected chi connectivity index (χ4v) is 2.94. The van der Waals surface area contributed by atoms with Gasteiger partial charge >= 0.3 is 12.3 Å². The van der Waals surface area contributed by atoms with E-state index in [0.29, 0.717) is 17.0 Å². The molecule has 1 unspecified atom stereocenters. The van der Waals surface area contributed by atoms with E-state index in [2.05, 4.69) is 5.32 Å². The van der Waals surface area contributed by atoms with Gasteiger partial charge in [0.15, 0.2) is 0 Å². The van der Waals surface area contributed by atoms with Crippen molar-refractivity contribution in [1.29, 1.82) is 0 Å². The number of rotatable bonds is 5. The summed E-state index contributed by atoms with van der Waals surface area (Å²) in [7, 11) is 1.44. The van der Waals surface area contributed by atoms with Crippen molar-refractivity contribution in [3.05, 3.63) is 59.7 Å². The fourth-order valence-electron chi connectivity index (χ4n) is 2.94. The smallest absolute Gasteiger partial charge is 0.416 e. The van der Waals surface area contributed by atoms with E-state index in [4.69, 9.17) is 9.47 Å². The van der Waals surface area contributed by atoms with Gasteiger partial charge in [-0.25, -0.2) is 4.79 Å². The number of hydrogen-bond acceptors (Lipinski definition) is 4. The van der Waals surface area contributed by atoms with Crippen LogP contribution in [-0.4, -0.2) is 31.7 Å². The number of halogens is 3. The lowest BCUT2D eigenvalue weighted by atomic mass is 10.1. The summed E-state index contributed by atoms with van der Waals surface area (Å²) in [6.07, 6.45) is -5.43. The molecule has 0 bridgehead atoms. The molecule has 1 aliphatic rings. The molecule has 0 saturated carbocycles. The van der Waals surface area contributed by atoms with Gasteiger partial charge in [-0.3, -0.25) is 4.79 Å². The van der Waals surface area contributed by atoms with Crippen LogP contribution >= 0.6 is 0 Å². The number of carbonyl (C=O) groups excluding carboxylic acids is 2. The Balaban J connectivity index is 1.59. The first-order valence-corrected chi connectivity index (χ1v) is 8.84. The molecule has 1 aliphatic heterocycles. The third kappa shape index (κ3) is 5.18. The highest BCUT2D eigenvalue weighted by atomic mass is 19.4. The largest absolute Gasteiger partial charge is 0.489 e. The Bertz CT molecular complexity index is 884. The maximum Gasteiger partial charge on any atom is 0.416 e. The first-order valence-electron chi connectivity index (χ1n) is 8.84. The lowest BCUT2D eigenvalue weighted by Crippen LogP contribution is -2.29. The number of benzene rings is 2. The summed E-state index contributed by atoms with van der Waals surface area (Å²) in [4.78, 5) is 24.9. The minimum atomic E-state index is -4.40. The summed E-state index contributed by atoms with van der Waals surface area (Å²) >= 11 is 0. The van der Waals surface area contributed by atoms with Crippen LogP contribution in [0.25, 0.3) is 0 Å². The minimum absolute atomic E-state index is 0.0199. The second-order valence-corrected chi connectivity index (χ2v) is 6.47. The van der Waals surface area contributed by atoms with E-state index >= 15 is 0 Å². The summed E-state index contributed by atoms with van der Waals surface area (Å²) in [5, 5.41) is 2.34. The van der Waals surface area contributed by atoms with Crippen molar-refractivity contribution in [3.8, 4) is 5.75 Å². The Labute approximate surface area is 165 Å². The number of alkyl halides is 3. The van der Waals surface area contributed by atoms with Crippen LogP contribution in [0, 0.1) is 0 Å². The van der Waals surface area contributed by atoms with Gasteiger partial charge in [0.1, 0.15) is 18.5 Å². The Morgan fingerprint density at radius 2 is 1.93 bits per heavy atom. The van der Waals surface area contributed by atoms with Crippen LogP contribution in [-0.2, 0) is 22.3 Å². The van der Waals surface area contributed by atoms with Crippen LogP contribution < -0.4 is 15.0 Å². The summed E-state index contributed by atoms with van der Waals surface area (Å²) < 4.78 is 49.0. The molecule has 2 aromatic carbocycles. The number of nitrogens with zero attached hydrogens (tertiary/aromatic N) is 1. The average Bonchev–Trinajstić information content (AvgIpc) is 3.06. The zero-order valence-electron chi connectivity index (χ0n) is 15.5. The minimum Gasteiger partial charge on any atom is -0.489 e. The van der Waals surface area contributed by atoms with Gasteiger partial charge in [-0.2, -0.15) is 13.2 Å². The number of alkyl carbamates (subject to hydrolysis) is 1. The predicted molar refractivity (Wildman–Crippen MR) is 98.5 cm³/mol. The molecule has 0 aromatic heterocycles. The molecule has 0 aliphatic carbocycles. The SMILES string of the molecule is CNC(=O)OC1CC(=O)N(c2ccc(OCc3cccc(C(F)(F)F)c3)cc2)C1. The Hall–Kier alpha value is -3.23. The van der Waals surface area contributed by atoms with Gasteiger partial charge in [0.25, 0.3) is 0 Å². The van der Waals surface area contributed by atoms with Crippen molar-refractivity contribution >= 4 is 17.7 Å². The standard InChI is InChI=1S/C20H19F3N2O4/c1-24-19(27)29-17-10-18(26)25(11-17)15-5-7-16(8-6-15)28-12-13-3-2-4-14(9-13)20(21,22)23/h2-9,17H,10-12H2,1H3,(H,24,27). The van der Waals surface area contributed by atoms with E-state index in [-0.39, 0.29) is 25.5 Å². The van der Waals surface area contributed by atoms with Crippen LogP contribution in [0.2, 0.25) is 0 Å². The van der Waals surface area contributed by atoms with Gasteiger partial charge in [-0.05, 0) is 42.0 Å². The first-order chi connectivity index (χ1) is 13.8. The normalized spacial score (nSPS) is 16.6. The predicted octanol–water partition coefficient (Wildman–Crippen LogP) is 3.75. The Kier molecular flexibility index (Phi) is 5.95. The molecular formula is C20H19F3N2O4. The van der Waals surface area contributed by atoms with Gasteiger partial charge in [-0.15, -0.1) is 0 Å². The molecule has 1 heterocycles. The number of carbonyl (C=O) groups is 2. The van der Waals surface area contributed by atoms with Crippen LogP contribution in [0.15, 0.2) is 48.5 Å². The molecule has 2 aromatic rings. The maximum atomic E-state index is 12.8. The van der Waals surface area contributed by atoms with Gasteiger partial charge < -0.3 is 19.7 Å². The van der Waals surface area contributed by atoms with Crippen molar-refractivity contribution in [2.24, 2.45) is 0 Å². The van der Waals surface area contributed by atoms with Crippen LogP contribution in [0.3, 0.4) is 0 Å². The summed E-state index contributed by atoms with van der Waals surface area (Å²) in [6, 6.07) is 11.5. The van der Waals surface area contributed by atoms with Crippen molar-refractivity contribution < 1.29 is 32.2 Å². The molecule has 9 heteroatoms. The topological polar surface area (TPSA) is 67.9 Å². The molecule has 2 amide bonds. The average molecular weight is 408 g/mol. The monoisotopic (exact) mass is 408 g/mol. The van der Waals surface area contributed by atoms with E-state index in [9.17, 15) is 22.8 Å².